The van der Waals surface area contributed by atoms with Crippen LogP contribution in [-0.2, 0) is 0 Å². The molecule has 0 bridgehead atoms. The highest BCUT2D eigenvalue weighted by atomic mass is 19.3. The molecule has 4 heteroatoms. The summed E-state index contributed by atoms with van der Waals surface area (Å²) in [5.74, 6) is -2.54. The summed E-state index contributed by atoms with van der Waals surface area (Å²) < 4.78 is 26.5. The first-order valence-corrected chi connectivity index (χ1v) is 8.79. The molecule has 0 unspecified atom stereocenters. The van der Waals surface area contributed by atoms with Gasteiger partial charge in [0.25, 0.3) is 5.91 Å². The van der Waals surface area contributed by atoms with Crippen LogP contribution < -0.4 is 5.32 Å². The Labute approximate surface area is 149 Å². The largest absolute Gasteiger partial charge is 0.352 e. The molecule has 1 aromatic rings. The van der Waals surface area contributed by atoms with Gasteiger partial charge >= 0.3 is 0 Å². The summed E-state index contributed by atoms with van der Waals surface area (Å²) in [7, 11) is 0. The molecule has 1 fully saturated rings. The minimum absolute atomic E-state index is 0.0798. The molecule has 0 aliphatic heterocycles. The van der Waals surface area contributed by atoms with E-state index in [1.807, 2.05) is 45.1 Å². The Hall–Kier alpha value is -1.97. The van der Waals surface area contributed by atoms with Crippen LogP contribution in [0.1, 0.15) is 59.7 Å². The van der Waals surface area contributed by atoms with E-state index in [0.717, 1.165) is 22.3 Å². The van der Waals surface area contributed by atoms with Crippen LogP contribution in [0.2, 0.25) is 0 Å². The van der Waals surface area contributed by atoms with Gasteiger partial charge in [-0.3, -0.25) is 4.79 Å². The van der Waals surface area contributed by atoms with E-state index in [-0.39, 0.29) is 24.7 Å². The fourth-order valence-corrected chi connectivity index (χ4v) is 3.20. The zero-order valence-electron chi connectivity index (χ0n) is 15.3. The van der Waals surface area contributed by atoms with Crippen molar-refractivity contribution in [3.05, 3.63) is 52.6 Å². The fraction of sp³-hybridized carbons (Fsp3) is 0.476. The first kappa shape index (κ1) is 19.4. The van der Waals surface area contributed by atoms with Gasteiger partial charge in [0.2, 0.25) is 5.92 Å². The summed E-state index contributed by atoms with van der Waals surface area (Å²) in [4.78, 5) is 12.7. The van der Waals surface area contributed by atoms with Gasteiger partial charge in [-0.25, -0.2) is 8.78 Å². The van der Waals surface area contributed by atoms with Gasteiger partial charge in [-0.05, 0) is 56.2 Å². The number of carbonyl (C=O) groups is 1. The monoisotopic (exact) mass is 347 g/mol. The molecule has 2 nitrogen and oxygen atoms in total. The lowest BCUT2D eigenvalue weighted by Crippen LogP contribution is -2.34. The molecule has 0 atom stereocenters. The Morgan fingerprint density at radius 3 is 2.48 bits per heavy atom. The number of hydrogen-bond acceptors (Lipinski definition) is 1. The van der Waals surface area contributed by atoms with Gasteiger partial charge in [0, 0.05) is 24.9 Å². The molecule has 136 valence electrons. The van der Waals surface area contributed by atoms with E-state index >= 15 is 0 Å². The number of carbonyl (C=O) groups excluding carboxylic acids is 1. The molecule has 0 saturated heterocycles. The van der Waals surface area contributed by atoms with Gasteiger partial charge in [-0.15, -0.1) is 0 Å². The fourth-order valence-electron chi connectivity index (χ4n) is 3.20. The Morgan fingerprint density at radius 2 is 1.88 bits per heavy atom. The predicted molar refractivity (Wildman–Crippen MR) is 99.0 cm³/mol. The van der Waals surface area contributed by atoms with Crippen molar-refractivity contribution in [1.29, 1.82) is 0 Å². The second kappa shape index (κ2) is 7.94. The van der Waals surface area contributed by atoms with Crippen molar-refractivity contribution in [2.75, 3.05) is 6.54 Å². The van der Waals surface area contributed by atoms with Crippen LogP contribution in [0.15, 0.2) is 30.4 Å². The van der Waals surface area contributed by atoms with Gasteiger partial charge in [0.15, 0.2) is 0 Å². The molecule has 2 rings (SSSR count). The van der Waals surface area contributed by atoms with Crippen LogP contribution in [0.25, 0.3) is 6.08 Å². The molecule has 0 aromatic heterocycles. The number of amides is 1. The topological polar surface area (TPSA) is 29.1 Å². The van der Waals surface area contributed by atoms with E-state index in [9.17, 15) is 13.6 Å². The number of alkyl halides is 2. The predicted octanol–water partition coefficient (Wildman–Crippen LogP) is 5.45. The van der Waals surface area contributed by atoms with Crippen LogP contribution >= 0.6 is 0 Å². The van der Waals surface area contributed by atoms with Gasteiger partial charge in [-0.1, -0.05) is 36.4 Å². The molecule has 1 amide bonds. The molecule has 1 aliphatic carbocycles. The van der Waals surface area contributed by atoms with Crippen LogP contribution in [-0.4, -0.2) is 18.4 Å². The minimum Gasteiger partial charge on any atom is -0.352 e. The number of halogens is 2. The maximum Gasteiger partial charge on any atom is 0.252 e. The summed E-state index contributed by atoms with van der Waals surface area (Å²) in [6.45, 7) is 10.1. The number of hydrogen-bond donors (Lipinski definition) is 1. The van der Waals surface area contributed by atoms with Gasteiger partial charge in [0.05, 0.1) is 0 Å². The Morgan fingerprint density at radius 1 is 1.28 bits per heavy atom. The summed E-state index contributed by atoms with van der Waals surface area (Å²) in [6.07, 6.45) is 4.57. The summed E-state index contributed by atoms with van der Waals surface area (Å²) in [6, 6.07) is 3.93. The van der Waals surface area contributed by atoms with Crippen LogP contribution in [0.5, 0.6) is 0 Å². The SMILES string of the molecule is C=C(C)/C=C\c1c(C)ccc(C)c1C(=O)NCC1CCC(F)(F)CC1. The van der Waals surface area contributed by atoms with E-state index in [2.05, 4.69) is 11.9 Å². The Bertz CT molecular complexity index is 681. The first-order valence-electron chi connectivity index (χ1n) is 8.79. The van der Waals surface area contributed by atoms with Crippen molar-refractivity contribution in [3.8, 4) is 0 Å². The third-order valence-corrected chi connectivity index (χ3v) is 4.82. The van der Waals surface area contributed by atoms with Crippen LogP contribution in [0.4, 0.5) is 8.78 Å². The standard InChI is InChI=1S/C21H27F2NO/c1-14(2)5-8-18-15(3)6-7-16(4)19(18)20(25)24-13-17-9-11-21(22,23)12-10-17/h5-8,17H,1,9-13H2,2-4H3,(H,24,25)/b8-5-. The van der Waals surface area contributed by atoms with Crippen molar-refractivity contribution >= 4 is 12.0 Å². The zero-order valence-corrected chi connectivity index (χ0v) is 15.3. The van der Waals surface area contributed by atoms with Gasteiger partial charge < -0.3 is 5.32 Å². The lowest BCUT2D eigenvalue weighted by molar-refractivity contribution is -0.0452. The lowest BCUT2D eigenvalue weighted by Gasteiger charge is -2.28. The van der Waals surface area contributed by atoms with Crippen LogP contribution in [0.3, 0.4) is 0 Å². The van der Waals surface area contributed by atoms with Crippen molar-refractivity contribution in [2.24, 2.45) is 5.92 Å². The average Bonchev–Trinajstić information content (AvgIpc) is 2.54. The highest BCUT2D eigenvalue weighted by molar-refractivity contribution is 5.99. The van der Waals surface area contributed by atoms with E-state index in [1.54, 1.807) is 0 Å². The van der Waals surface area contributed by atoms with Crippen molar-refractivity contribution in [1.82, 2.24) is 5.32 Å². The highest BCUT2D eigenvalue weighted by Gasteiger charge is 2.34. The van der Waals surface area contributed by atoms with Crippen molar-refractivity contribution in [3.63, 3.8) is 0 Å². The Kier molecular flexibility index (Phi) is 6.15. The van der Waals surface area contributed by atoms with Crippen molar-refractivity contribution < 1.29 is 13.6 Å². The summed E-state index contributed by atoms with van der Waals surface area (Å²) in [5.41, 5.74) is 4.37. The van der Waals surface area contributed by atoms with E-state index in [0.29, 0.717) is 24.9 Å². The number of nitrogens with one attached hydrogen (secondary N) is 1. The maximum absolute atomic E-state index is 13.2. The van der Waals surface area contributed by atoms with E-state index in [1.165, 1.54) is 0 Å². The molecule has 0 spiro atoms. The maximum atomic E-state index is 13.2. The molecule has 25 heavy (non-hydrogen) atoms. The number of benzene rings is 1. The lowest BCUT2D eigenvalue weighted by atomic mass is 9.86. The molecule has 1 saturated carbocycles. The molecular formula is C21H27F2NO. The minimum atomic E-state index is -2.53. The second-order valence-electron chi connectivity index (χ2n) is 7.18. The van der Waals surface area contributed by atoms with Gasteiger partial charge in [0.1, 0.15) is 0 Å². The molecule has 0 heterocycles. The van der Waals surface area contributed by atoms with E-state index in [4.69, 9.17) is 0 Å². The molecule has 1 aliphatic rings. The number of aryl methyl sites for hydroxylation is 2. The number of rotatable bonds is 5. The zero-order chi connectivity index (χ0) is 18.6. The molecule has 1 N–H and O–H groups in total. The average molecular weight is 347 g/mol. The molecule has 0 radical (unpaired) electrons. The molecular weight excluding hydrogens is 320 g/mol. The second-order valence-corrected chi connectivity index (χ2v) is 7.18. The first-order chi connectivity index (χ1) is 11.7. The highest BCUT2D eigenvalue weighted by Crippen LogP contribution is 2.35. The summed E-state index contributed by atoms with van der Waals surface area (Å²) in [5, 5.41) is 2.95. The number of allylic oxidation sites excluding steroid dienone is 2. The van der Waals surface area contributed by atoms with Crippen molar-refractivity contribution in [2.45, 2.75) is 52.4 Å². The normalized spacial score (nSPS) is 17.6. The van der Waals surface area contributed by atoms with Gasteiger partial charge in [-0.2, -0.15) is 0 Å². The third-order valence-electron chi connectivity index (χ3n) is 4.82. The quantitative estimate of drug-likeness (QED) is 0.705. The third kappa shape index (κ3) is 5.25. The summed E-state index contributed by atoms with van der Waals surface area (Å²) >= 11 is 0. The van der Waals surface area contributed by atoms with Crippen LogP contribution in [0, 0.1) is 19.8 Å². The van der Waals surface area contributed by atoms with E-state index < -0.39 is 5.92 Å². The molecule has 1 aromatic carbocycles. The smallest absolute Gasteiger partial charge is 0.252 e. The Balaban J connectivity index is 2.11.